The van der Waals surface area contributed by atoms with Gasteiger partial charge in [-0.25, -0.2) is 9.18 Å². The van der Waals surface area contributed by atoms with E-state index in [4.69, 9.17) is 4.74 Å². The fourth-order valence-electron chi connectivity index (χ4n) is 4.87. The molecule has 0 aliphatic heterocycles. The van der Waals surface area contributed by atoms with Crippen molar-refractivity contribution in [3.8, 4) is 5.69 Å². The van der Waals surface area contributed by atoms with Crippen LogP contribution in [0.4, 0.5) is 4.39 Å². The van der Waals surface area contributed by atoms with Gasteiger partial charge < -0.3 is 14.3 Å². The molecule has 0 bridgehead atoms. The summed E-state index contributed by atoms with van der Waals surface area (Å²) in [4.78, 5) is 29.0. The predicted molar refractivity (Wildman–Crippen MR) is 125 cm³/mol. The van der Waals surface area contributed by atoms with Crippen LogP contribution in [-0.2, 0) is 17.6 Å². The van der Waals surface area contributed by atoms with E-state index < -0.39 is 5.97 Å². The second-order valence-electron chi connectivity index (χ2n) is 8.62. The van der Waals surface area contributed by atoms with E-state index in [-0.39, 0.29) is 18.2 Å². The van der Waals surface area contributed by atoms with Crippen LogP contribution < -0.4 is 0 Å². The quantitative estimate of drug-likeness (QED) is 0.320. The molecular formula is C27H25FN2O3. The first-order chi connectivity index (χ1) is 15.9. The van der Waals surface area contributed by atoms with E-state index in [2.05, 4.69) is 4.98 Å². The predicted octanol–water partition coefficient (Wildman–Crippen LogP) is 5.63. The first-order valence-electron chi connectivity index (χ1n) is 11.2. The van der Waals surface area contributed by atoms with Gasteiger partial charge in [-0.2, -0.15) is 0 Å². The fraction of sp³-hybridized carbons (Fsp3) is 0.259. The van der Waals surface area contributed by atoms with Crippen molar-refractivity contribution in [2.45, 2.75) is 39.5 Å². The highest BCUT2D eigenvalue weighted by molar-refractivity contribution is 6.01. The Bertz CT molecular complexity index is 1400. The zero-order valence-electron chi connectivity index (χ0n) is 18.7. The maximum absolute atomic E-state index is 14.3. The first kappa shape index (κ1) is 21.2. The highest BCUT2D eigenvalue weighted by Gasteiger charge is 2.21. The molecular weight excluding hydrogens is 419 g/mol. The minimum atomic E-state index is -0.529. The molecule has 0 saturated heterocycles. The Morgan fingerprint density at radius 3 is 2.67 bits per heavy atom. The van der Waals surface area contributed by atoms with Crippen molar-refractivity contribution < 1.29 is 18.7 Å². The summed E-state index contributed by atoms with van der Waals surface area (Å²) in [6.07, 6.45) is 4.36. The van der Waals surface area contributed by atoms with Crippen molar-refractivity contribution in [2.75, 3.05) is 6.61 Å². The molecule has 6 heteroatoms. The van der Waals surface area contributed by atoms with Crippen LogP contribution >= 0.6 is 0 Å². The number of aromatic nitrogens is 2. The number of hydrogen-bond acceptors (Lipinski definition) is 3. The van der Waals surface area contributed by atoms with Crippen LogP contribution in [0.2, 0.25) is 0 Å². The van der Waals surface area contributed by atoms with Crippen LogP contribution in [0.5, 0.6) is 0 Å². The molecule has 1 aliphatic carbocycles. The van der Waals surface area contributed by atoms with Crippen LogP contribution in [0, 0.1) is 19.7 Å². The summed E-state index contributed by atoms with van der Waals surface area (Å²) in [6.45, 7) is 3.20. The summed E-state index contributed by atoms with van der Waals surface area (Å²) >= 11 is 0. The van der Waals surface area contributed by atoms with E-state index in [1.54, 1.807) is 41.8 Å². The zero-order valence-corrected chi connectivity index (χ0v) is 18.7. The molecule has 0 unspecified atom stereocenters. The van der Waals surface area contributed by atoms with Gasteiger partial charge in [0.15, 0.2) is 6.61 Å². The lowest BCUT2D eigenvalue weighted by atomic mass is 9.95. The van der Waals surface area contributed by atoms with Crippen molar-refractivity contribution >= 4 is 22.7 Å². The monoisotopic (exact) mass is 444 g/mol. The number of aryl methyl sites for hydroxylation is 3. The number of hydrogen-bond donors (Lipinski definition) is 1. The Labute approximate surface area is 191 Å². The minimum Gasteiger partial charge on any atom is -0.454 e. The number of para-hydroxylation sites is 1. The van der Waals surface area contributed by atoms with Crippen LogP contribution in [0.15, 0.2) is 48.5 Å². The van der Waals surface area contributed by atoms with Crippen molar-refractivity contribution in [1.82, 2.24) is 9.55 Å². The molecule has 2 aromatic carbocycles. The SMILES string of the molecule is Cc1cc(C(=O)COC(=O)c2ccc3[nH]c4c(c3c2)CCCC4)c(C)n1-c1ccccc1F. The average molecular weight is 445 g/mol. The summed E-state index contributed by atoms with van der Waals surface area (Å²) in [7, 11) is 0. The van der Waals surface area contributed by atoms with Crippen molar-refractivity contribution in [3.05, 3.63) is 88.1 Å². The first-order valence-corrected chi connectivity index (χ1v) is 11.2. The molecule has 0 atom stereocenters. The number of carbonyl (C=O) groups is 2. The Morgan fingerprint density at radius 2 is 1.85 bits per heavy atom. The number of nitrogens with one attached hydrogen (secondary N) is 1. The molecule has 0 radical (unpaired) electrons. The third kappa shape index (κ3) is 3.75. The largest absolute Gasteiger partial charge is 0.454 e. The van der Waals surface area contributed by atoms with E-state index in [0.717, 1.165) is 35.9 Å². The lowest BCUT2D eigenvalue weighted by molar-refractivity contribution is 0.0474. The Morgan fingerprint density at radius 1 is 1.06 bits per heavy atom. The van der Waals surface area contributed by atoms with E-state index >= 15 is 0 Å². The number of fused-ring (bicyclic) bond motifs is 3. The third-order valence-corrected chi connectivity index (χ3v) is 6.49. The number of esters is 1. The number of H-pyrrole nitrogens is 1. The highest BCUT2D eigenvalue weighted by Crippen LogP contribution is 2.30. The van der Waals surface area contributed by atoms with Crippen molar-refractivity contribution in [3.63, 3.8) is 0 Å². The maximum atomic E-state index is 14.3. The molecule has 0 amide bonds. The van der Waals surface area contributed by atoms with Crippen molar-refractivity contribution in [2.24, 2.45) is 0 Å². The van der Waals surface area contributed by atoms with Gasteiger partial charge in [0.25, 0.3) is 0 Å². The molecule has 2 heterocycles. The summed E-state index contributed by atoms with van der Waals surface area (Å²) in [6, 6.07) is 13.6. The summed E-state index contributed by atoms with van der Waals surface area (Å²) < 4.78 is 21.4. The topological polar surface area (TPSA) is 64.1 Å². The Balaban J connectivity index is 1.34. The number of aromatic amines is 1. The molecule has 0 saturated carbocycles. The molecule has 4 aromatic rings. The number of carbonyl (C=O) groups excluding carboxylic acids is 2. The van der Waals surface area contributed by atoms with Crippen LogP contribution in [0.3, 0.4) is 0 Å². The van der Waals surface area contributed by atoms with Crippen LogP contribution in [0.1, 0.15) is 56.2 Å². The van der Waals surface area contributed by atoms with Crippen LogP contribution in [0.25, 0.3) is 16.6 Å². The normalized spacial score (nSPS) is 13.2. The molecule has 0 spiro atoms. The third-order valence-electron chi connectivity index (χ3n) is 6.49. The summed E-state index contributed by atoms with van der Waals surface area (Å²) in [5.41, 5.74) is 6.12. The minimum absolute atomic E-state index is 0.320. The number of ether oxygens (including phenoxy) is 1. The highest BCUT2D eigenvalue weighted by atomic mass is 19.1. The average Bonchev–Trinajstić information content (AvgIpc) is 3.34. The smallest absolute Gasteiger partial charge is 0.338 e. The number of benzene rings is 2. The number of Topliss-reactive ketones (excluding diaryl/α,β-unsaturated/α-hetero) is 1. The molecule has 5 rings (SSSR count). The van der Waals surface area contributed by atoms with E-state index in [0.29, 0.717) is 22.5 Å². The molecule has 2 aromatic heterocycles. The number of nitrogens with zero attached hydrogens (tertiary/aromatic N) is 1. The Kier molecular flexibility index (Phi) is 5.36. The van der Waals surface area contributed by atoms with Gasteiger partial charge in [0.05, 0.1) is 11.3 Å². The summed E-state index contributed by atoms with van der Waals surface area (Å²) in [5.74, 6) is -1.22. The molecule has 1 aliphatic rings. The van der Waals surface area contributed by atoms with Gasteiger partial charge in [-0.3, -0.25) is 4.79 Å². The van der Waals surface area contributed by atoms with Gasteiger partial charge in [-0.05, 0) is 81.5 Å². The second-order valence-corrected chi connectivity index (χ2v) is 8.62. The Hall–Kier alpha value is -3.67. The number of rotatable bonds is 5. The van der Waals surface area contributed by atoms with Gasteiger partial charge in [0.2, 0.25) is 5.78 Å². The molecule has 5 nitrogen and oxygen atoms in total. The fourth-order valence-corrected chi connectivity index (χ4v) is 4.87. The van der Waals surface area contributed by atoms with E-state index in [1.165, 1.54) is 23.7 Å². The number of ketones is 1. The van der Waals surface area contributed by atoms with Crippen molar-refractivity contribution in [1.29, 1.82) is 0 Å². The van der Waals surface area contributed by atoms with Gasteiger partial charge >= 0.3 is 5.97 Å². The molecule has 0 fully saturated rings. The molecule has 1 N–H and O–H groups in total. The maximum Gasteiger partial charge on any atom is 0.338 e. The molecule has 168 valence electrons. The van der Waals surface area contributed by atoms with Gasteiger partial charge in [0.1, 0.15) is 5.82 Å². The van der Waals surface area contributed by atoms with Gasteiger partial charge in [0, 0.05) is 33.5 Å². The van der Waals surface area contributed by atoms with E-state index in [1.807, 2.05) is 19.1 Å². The molecule has 33 heavy (non-hydrogen) atoms. The summed E-state index contributed by atoms with van der Waals surface area (Å²) in [5, 5.41) is 1.05. The lowest BCUT2D eigenvalue weighted by Gasteiger charge is -2.11. The van der Waals surface area contributed by atoms with Gasteiger partial charge in [-0.1, -0.05) is 12.1 Å². The van der Waals surface area contributed by atoms with Crippen LogP contribution in [-0.4, -0.2) is 27.9 Å². The zero-order chi connectivity index (χ0) is 23.1. The lowest BCUT2D eigenvalue weighted by Crippen LogP contribution is -2.15. The van der Waals surface area contributed by atoms with Gasteiger partial charge in [-0.15, -0.1) is 0 Å². The standard InChI is InChI=1S/C27H25FN2O3/c1-16-13-20(17(2)30(16)25-10-6-4-8-22(25)28)26(31)15-33-27(32)18-11-12-24-21(14-18)19-7-3-5-9-23(19)29-24/h4,6,8,10-14,29H,3,5,7,9,15H2,1-2H3. The number of halogens is 1. The van der Waals surface area contributed by atoms with E-state index in [9.17, 15) is 14.0 Å². The second kappa shape index (κ2) is 8.35.